The molecule has 1 saturated heterocycles. The van der Waals surface area contributed by atoms with E-state index in [4.69, 9.17) is 9.72 Å². The minimum atomic E-state index is -0.237. The van der Waals surface area contributed by atoms with Crippen molar-refractivity contribution in [2.45, 2.75) is 45.2 Å². The van der Waals surface area contributed by atoms with Crippen LogP contribution in [0.4, 0.5) is 16.2 Å². The van der Waals surface area contributed by atoms with Gasteiger partial charge in [-0.05, 0) is 43.9 Å². The van der Waals surface area contributed by atoms with Crippen LogP contribution in [0.25, 0.3) is 0 Å². The highest BCUT2D eigenvalue weighted by molar-refractivity contribution is 5.57. The number of anilines is 2. The second-order valence-electron chi connectivity index (χ2n) is 8.03. The van der Waals surface area contributed by atoms with Crippen molar-refractivity contribution in [1.82, 2.24) is 14.9 Å². The number of ether oxygens (including phenoxy) is 1. The summed E-state index contributed by atoms with van der Waals surface area (Å²) in [5.41, 5.74) is 2.37. The van der Waals surface area contributed by atoms with Crippen LogP contribution in [-0.4, -0.2) is 47.7 Å². The second-order valence-corrected chi connectivity index (χ2v) is 8.03. The van der Waals surface area contributed by atoms with E-state index in [-0.39, 0.29) is 11.9 Å². The molecule has 1 aromatic heterocycles. The van der Waals surface area contributed by atoms with E-state index in [1.807, 2.05) is 7.05 Å². The van der Waals surface area contributed by atoms with Gasteiger partial charge >= 0.3 is 0 Å². The first kappa shape index (κ1) is 20.4. The van der Waals surface area contributed by atoms with Gasteiger partial charge in [-0.1, -0.05) is 25.1 Å². The van der Waals surface area contributed by atoms with Crippen LogP contribution in [-0.2, 0) is 0 Å². The zero-order valence-electron chi connectivity index (χ0n) is 17.9. The highest BCUT2D eigenvalue weighted by atomic mass is 19.1. The number of halogens is 1. The maximum absolute atomic E-state index is 13.3. The largest absolute Gasteiger partial charge is 0.486 e. The summed E-state index contributed by atoms with van der Waals surface area (Å²) in [7, 11) is 1.99. The van der Waals surface area contributed by atoms with Gasteiger partial charge in [0.05, 0.1) is 12.2 Å². The normalized spacial score (nSPS) is 20.0. The number of rotatable bonds is 5. The average molecular weight is 412 g/mol. The first-order valence-corrected chi connectivity index (χ1v) is 10.7. The summed E-state index contributed by atoms with van der Waals surface area (Å²) in [6, 6.07) is 6.90. The number of benzene rings is 1. The molecule has 1 atom stereocenters. The molecule has 2 aliphatic rings. The Hall–Kier alpha value is -2.83. The predicted octanol–water partition coefficient (Wildman–Crippen LogP) is 4.38. The Balaban J connectivity index is 1.43. The Kier molecular flexibility index (Phi) is 6.06. The SMILES string of the molecule is CCC=C(C)N1CCC(Nc2ncc3c(n2)N(C)C(c2ccc(F)cc2)CO3)CC1. The lowest BCUT2D eigenvalue weighted by Gasteiger charge is -2.36. The standard InChI is InChI=1S/C23H30FN5O/c1-4-5-16(2)29-12-10-19(11-13-29)26-23-25-14-21-22(27-23)28(3)20(15-30-21)17-6-8-18(24)9-7-17/h5-9,14,19-20H,4,10-13,15H2,1-3H3,(H,25,26,27). The van der Waals surface area contributed by atoms with Crippen LogP contribution in [0, 0.1) is 5.82 Å². The van der Waals surface area contributed by atoms with E-state index in [2.05, 4.69) is 40.0 Å². The van der Waals surface area contributed by atoms with Crippen LogP contribution in [0.3, 0.4) is 0 Å². The van der Waals surface area contributed by atoms with Crippen molar-refractivity contribution in [2.75, 3.05) is 37.0 Å². The second kappa shape index (κ2) is 8.90. The summed E-state index contributed by atoms with van der Waals surface area (Å²) in [6.07, 6.45) is 7.21. The van der Waals surface area contributed by atoms with Crippen molar-refractivity contribution in [3.63, 3.8) is 0 Å². The number of hydrogen-bond acceptors (Lipinski definition) is 6. The molecule has 160 valence electrons. The molecular weight excluding hydrogens is 381 g/mol. The highest BCUT2D eigenvalue weighted by Gasteiger charge is 2.29. The third-order valence-electron chi connectivity index (χ3n) is 6.02. The zero-order valence-corrected chi connectivity index (χ0v) is 17.9. The van der Waals surface area contributed by atoms with Crippen LogP contribution in [0.5, 0.6) is 5.75 Å². The number of nitrogens with one attached hydrogen (secondary N) is 1. The average Bonchev–Trinajstić information content (AvgIpc) is 2.76. The van der Waals surface area contributed by atoms with Gasteiger partial charge in [-0.15, -0.1) is 0 Å². The quantitative estimate of drug-likeness (QED) is 0.788. The summed E-state index contributed by atoms with van der Waals surface area (Å²) in [6.45, 7) is 6.93. The Labute approximate surface area is 177 Å². The summed E-state index contributed by atoms with van der Waals surface area (Å²) in [5, 5.41) is 3.50. The number of likely N-dealkylation sites (N-methyl/N-ethyl adjacent to an activating group) is 1. The Morgan fingerprint density at radius 2 is 2.00 bits per heavy atom. The topological polar surface area (TPSA) is 53.5 Å². The molecule has 0 saturated carbocycles. The number of nitrogens with zero attached hydrogens (tertiary/aromatic N) is 4. The van der Waals surface area contributed by atoms with Crippen LogP contribution >= 0.6 is 0 Å². The molecule has 3 heterocycles. The van der Waals surface area contributed by atoms with Crippen LogP contribution in [0.2, 0.25) is 0 Å². The molecule has 1 unspecified atom stereocenters. The van der Waals surface area contributed by atoms with Gasteiger partial charge in [-0.25, -0.2) is 9.37 Å². The van der Waals surface area contributed by atoms with Crippen molar-refractivity contribution in [3.8, 4) is 5.75 Å². The number of allylic oxidation sites excluding steroid dienone is 2. The van der Waals surface area contributed by atoms with Crippen LogP contribution in [0.1, 0.15) is 44.7 Å². The Morgan fingerprint density at radius 1 is 1.27 bits per heavy atom. The van der Waals surface area contributed by atoms with Crippen LogP contribution in [0.15, 0.2) is 42.2 Å². The number of hydrogen-bond donors (Lipinski definition) is 1. The summed E-state index contributed by atoms with van der Waals surface area (Å²) >= 11 is 0. The molecule has 0 spiro atoms. The van der Waals surface area contributed by atoms with Crippen molar-refractivity contribution >= 4 is 11.8 Å². The zero-order chi connectivity index (χ0) is 21.1. The fourth-order valence-corrected chi connectivity index (χ4v) is 4.20. The van der Waals surface area contributed by atoms with E-state index < -0.39 is 0 Å². The van der Waals surface area contributed by atoms with E-state index in [1.165, 1.54) is 17.8 Å². The molecule has 0 aliphatic carbocycles. The molecule has 7 heteroatoms. The minimum Gasteiger partial charge on any atom is -0.486 e. The van der Waals surface area contributed by atoms with Gasteiger partial charge in [0.15, 0.2) is 11.6 Å². The summed E-state index contributed by atoms with van der Waals surface area (Å²) < 4.78 is 19.2. The molecule has 30 heavy (non-hydrogen) atoms. The van der Waals surface area contributed by atoms with E-state index >= 15 is 0 Å². The number of aromatic nitrogens is 2. The van der Waals surface area contributed by atoms with E-state index in [1.54, 1.807) is 18.3 Å². The first-order valence-electron chi connectivity index (χ1n) is 10.7. The molecule has 0 bridgehead atoms. The fraction of sp³-hybridized carbons (Fsp3) is 0.478. The maximum Gasteiger partial charge on any atom is 0.225 e. The van der Waals surface area contributed by atoms with Crippen LogP contribution < -0.4 is 15.0 Å². The number of likely N-dealkylation sites (tertiary alicyclic amines) is 1. The van der Waals surface area contributed by atoms with Crippen molar-refractivity contribution < 1.29 is 9.13 Å². The van der Waals surface area contributed by atoms with Gasteiger partial charge in [0.25, 0.3) is 0 Å². The third-order valence-corrected chi connectivity index (χ3v) is 6.02. The molecular formula is C23H30FN5O. The van der Waals surface area contributed by atoms with E-state index in [0.717, 1.165) is 43.7 Å². The van der Waals surface area contributed by atoms with Gasteiger partial charge < -0.3 is 19.9 Å². The van der Waals surface area contributed by atoms with E-state index in [9.17, 15) is 4.39 Å². The monoisotopic (exact) mass is 411 g/mol. The molecule has 1 aromatic carbocycles. The van der Waals surface area contributed by atoms with Crippen molar-refractivity contribution in [2.24, 2.45) is 0 Å². The Morgan fingerprint density at radius 3 is 2.70 bits per heavy atom. The molecule has 1 fully saturated rings. The molecule has 4 rings (SSSR count). The predicted molar refractivity (Wildman–Crippen MR) is 117 cm³/mol. The summed E-state index contributed by atoms with van der Waals surface area (Å²) in [5.74, 6) is 1.82. The molecule has 0 radical (unpaired) electrons. The first-order chi connectivity index (χ1) is 14.5. The lowest BCUT2D eigenvalue weighted by molar-refractivity contribution is 0.264. The smallest absolute Gasteiger partial charge is 0.225 e. The van der Waals surface area contributed by atoms with E-state index in [0.29, 0.717) is 24.3 Å². The fourth-order valence-electron chi connectivity index (χ4n) is 4.20. The molecule has 0 amide bonds. The number of fused-ring (bicyclic) bond motifs is 1. The van der Waals surface area contributed by atoms with Gasteiger partial charge in [0.2, 0.25) is 5.95 Å². The lowest BCUT2D eigenvalue weighted by Crippen LogP contribution is -2.38. The van der Waals surface area contributed by atoms with Crippen molar-refractivity contribution in [3.05, 3.63) is 53.6 Å². The molecule has 1 N–H and O–H groups in total. The van der Waals surface area contributed by atoms with Gasteiger partial charge in [-0.2, -0.15) is 4.98 Å². The number of piperidine rings is 1. The summed E-state index contributed by atoms with van der Waals surface area (Å²) in [4.78, 5) is 13.7. The van der Waals surface area contributed by atoms with Gasteiger partial charge in [0.1, 0.15) is 12.4 Å². The van der Waals surface area contributed by atoms with Crippen molar-refractivity contribution in [1.29, 1.82) is 0 Å². The van der Waals surface area contributed by atoms with Gasteiger partial charge in [-0.3, -0.25) is 0 Å². The maximum atomic E-state index is 13.3. The third kappa shape index (κ3) is 4.35. The van der Waals surface area contributed by atoms with Gasteiger partial charge in [0, 0.05) is 31.9 Å². The molecule has 2 aromatic rings. The minimum absolute atomic E-state index is 0.0163. The lowest BCUT2D eigenvalue weighted by atomic mass is 10.0. The highest BCUT2D eigenvalue weighted by Crippen LogP contribution is 2.37. The Bertz CT molecular complexity index is 893. The molecule has 2 aliphatic heterocycles. The molecule has 6 nitrogen and oxygen atoms in total.